The van der Waals surface area contributed by atoms with Crippen molar-refractivity contribution >= 4 is 10.0 Å². The predicted octanol–water partition coefficient (Wildman–Crippen LogP) is 2.23. The fourth-order valence-electron chi connectivity index (χ4n) is 3.12. The monoisotopic (exact) mass is 390 g/mol. The van der Waals surface area contributed by atoms with Crippen molar-refractivity contribution < 1.29 is 17.9 Å². The molecule has 1 heterocycles. The molecule has 7 heteroatoms. The zero-order chi connectivity index (χ0) is 19.3. The van der Waals surface area contributed by atoms with Gasteiger partial charge in [0.2, 0.25) is 10.0 Å². The smallest absolute Gasteiger partial charge is 0.213 e. The Morgan fingerprint density at radius 3 is 2.70 bits per heavy atom. The Bertz CT molecular complexity index is 869. The number of hydrogen-bond acceptors (Lipinski definition) is 5. The van der Waals surface area contributed by atoms with E-state index in [1.807, 2.05) is 49.4 Å². The van der Waals surface area contributed by atoms with Crippen LogP contribution in [-0.4, -0.2) is 33.9 Å². The van der Waals surface area contributed by atoms with Crippen LogP contribution in [0.5, 0.6) is 11.5 Å². The zero-order valence-corrected chi connectivity index (χ0v) is 16.5. The van der Waals surface area contributed by atoms with Crippen LogP contribution in [-0.2, 0) is 29.5 Å². The number of benzene rings is 2. The fraction of sp³-hybridized carbons (Fsp3) is 0.400. The Kier molecular flexibility index (Phi) is 6.36. The molecule has 2 N–H and O–H groups in total. The molecule has 146 valence electrons. The van der Waals surface area contributed by atoms with Crippen molar-refractivity contribution in [2.75, 3.05) is 19.4 Å². The molecule has 3 rings (SSSR count). The Hall–Kier alpha value is -2.09. The van der Waals surface area contributed by atoms with Crippen LogP contribution in [0.25, 0.3) is 0 Å². The molecule has 1 atom stereocenters. The number of methoxy groups -OCH3 is 1. The van der Waals surface area contributed by atoms with Gasteiger partial charge >= 0.3 is 0 Å². The maximum Gasteiger partial charge on any atom is 0.213 e. The maximum atomic E-state index is 12.2. The molecule has 0 amide bonds. The van der Waals surface area contributed by atoms with Crippen molar-refractivity contribution in [1.82, 2.24) is 10.0 Å². The van der Waals surface area contributed by atoms with Crippen LogP contribution in [0.15, 0.2) is 42.5 Å². The van der Waals surface area contributed by atoms with Crippen molar-refractivity contribution in [2.45, 2.75) is 32.5 Å². The molecular weight excluding hydrogens is 364 g/mol. The second-order valence-corrected chi connectivity index (χ2v) is 8.64. The van der Waals surface area contributed by atoms with Crippen LogP contribution < -0.4 is 19.5 Å². The van der Waals surface area contributed by atoms with Gasteiger partial charge in [0.25, 0.3) is 0 Å². The second-order valence-electron chi connectivity index (χ2n) is 6.71. The molecular formula is C20H26N2O4S. The summed E-state index contributed by atoms with van der Waals surface area (Å²) in [5, 5.41) is 3.20. The van der Waals surface area contributed by atoms with Gasteiger partial charge in [0.15, 0.2) is 0 Å². The summed E-state index contributed by atoms with van der Waals surface area (Å²) in [4.78, 5) is 0. The van der Waals surface area contributed by atoms with Gasteiger partial charge in [0.1, 0.15) is 17.6 Å². The molecule has 1 aliphatic rings. The Morgan fingerprint density at radius 2 is 1.96 bits per heavy atom. The van der Waals surface area contributed by atoms with Crippen molar-refractivity contribution in [3.8, 4) is 11.5 Å². The summed E-state index contributed by atoms with van der Waals surface area (Å²) < 4.78 is 38.2. The minimum absolute atomic E-state index is 0.0171. The lowest BCUT2D eigenvalue weighted by Gasteiger charge is -2.13. The molecule has 1 aliphatic heterocycles. The van der Waals surface area contributed by atoms with E-state index >= 15 is 0 Å². The minimum Gasteiger partial charge on any atom is -0.497 e. The SMILES string of the molecule is COc1cc(CNCCS(=O)(=O)NCc2ccccc2)c2c(c1)CC(C)O2. The highest BCUT2D eigenvalue weighted by Gasteiger charge is 2.23. The molecule has 0 spiro atoms. The number of fused-ring (bicyclic) bond motifs is 1. The van der Waals surface area contributed by atoms with E-state index in [9.17, 15) is 8.42 Å². The standard InChI is InChI=1S/C20H26N2O4S/c1-15-10-17-11-19(25-2)12-18(20(17)26-15)14-21-8-9-27(23,24)22-13-16-6-4-3-5-7-16/h3-7,11-12,15,21-22H,8-10,13-14H2,1-2H3. The molecule has 0 aromatic heterocycles. The quantitative estimate of drug-likeness (QED) is 0.642. The molecule has 2 aromatic rings. The maximum absolute atomic E-state index is 12.2. The number of hydrogen-bond donors (Lipinski definition) is 2. The predicted molar refractivity (Wildman–Crippen MR) is 106 cm³/mol. The molecule has 2 aromatic carbocycles. The van der Waals surface area contributed by atoms with E-state index in [1.54, 1.807) is 7.11 Å². The van der Waals surface area contributed by atoms with E-state index in [0.29, 0.717) is 19.6 Å². The van der Waals surface area contributed by atoms with Crippen LogP contribution in [0.3, 0.4) is 0 Å². The highest BCUT2D eigenvalue weighted by molar-refractivity contribution is 7.89. The summed E-state index contributed by atoms with van der Waals surface area (Å²) in [6.07, 6.45) is 1.01. The van der Waals surface area contributed by atoms with Gasteiger partial charge in [-0.3, -0.25) is 0 Å². The van der Waals surface area contributed by atoms with Gasteiger partial charge in [-0.2, -0.15) is 0 Å². The number of nitrogens with one attached hydrogen (secondary N) is 2. The normalized spacial score (nSPS) is 16.0. The topological polar surface area (TPSA) is 76.7 Å². The fourth-order valence-corrected chi connectivity index (χ4v) is 4.06. The molecule has 0 fully saturated rings. The third-order valence-electron chi connectivity index (χ3n) is 4.48. The van der Waals surface area contributed by atoms with E-state index in [2.05, 4.69) is 10.0 Å². The van der Waals surface area contributed by atoms with Crippen molar-refractivity contribution in [3.05, 3.63) is 59.2 Å². The van der Waals surface area contributed by atoms with E-state index in [4.69, 9.17) is 9.47 Å². The molecule has 0 saturated carbocycles. The average Bonchev–Trinajstić information content (AvgIpc) is 3.04. The average molecular weight is 391 g/mol. The molecule has 1 unspecified atom stereocenters. The summed E-state index contributed by atoms with van der Waals surface area (Å²) in [6.45, 7) is 3.22. The van der Waals surface area contributed by atoms with E-state index in [1.165, 1.54) is 0 Å². The summed E-state index contributed by atoms with van der Waals surface area (Å²) in [5.41, 5.74) is 3.06. The van der Waals surface area contributed by atoms with Crippen LogP contribution in [0.4, 0.5) is 0 Å². The van der Waals surface area contributed by atoms with E-state index in [0.717, 1.165) is 34.6 Å². The van der Waals surface area contributed by atoms with Gasteiger partial charge in [0, 0.05) is 37.2 Å². The van der Waals surface area contributed by atoms with Crippen molar-refractivity contribution in [3.63, 3.8) is 0 Å². The van der Waals surface area contributed by atoms with Crippen LogP contribution >= 0.6 is 0 Å². The van der Waals surface area contributed by atoms with Gasteiger partial charge in [-0.1, -0.05) is 30.3 Å². The number of rotatable bonds is 9. The first-order valence-electron chi connectivity index (χ1n) is 9.05. The van der Waals surface area contributed by atoms with Crippen LogP contribution in [0.1, 0.15) is 23.6 Å². The Labute approximate surface area is 160 Å². The van der Waals surface area contributed by atoms with Crippen molar-refractivity contribution in [1.29, 1.82) is 0 Å². The lowest BCUT2D eigenvalue weighted by atomic mass is 10.1. The van der Waals surface area contributed by atoms with E-state index in [-0.39, 0.29) is 11.9 Å². The first-order valence-corrected chi connectivity index (χ1v) is 10.7. The van der Waals surface area contributed by atoms with Gasteiger partial charge in [-0.05, 0) is 24.6 Å². The molecule has 27 heavy (non-hydrogen) atoms. The number of ether oxygens (including phenoxy) is 2. The van der Waals surface area contributed by atoms with Gasteiger partial charge in [0.05, 0.1) is 12.9 Å². The summed E-state index contributed by atoms with van der Waals surface area (Å²) in [6, 6.07) is 13.4. The third-order valence-corrected chi connectivity index (χ3v) is 5.81. The largest absolute Gasteiger partial charge is 0.497 e. The second kappa shape index (κ2) is 8.73. The first kappa shape index (κ1) is 19.7. The van der Waals surface area contributed by atoms with Crippen LogP contribution in [0.2, 0.25) is 0 Å². The zero-order valence-electron chi connectivity index (χ0n) is 15.7. The van der Waals surface area contributed by atoms with Gasteiger partial charge in [-0.15, -0.1) is 0 Å². The van der Waals surface area contributed by atoms with Crippen molar-refractivity contribution in [2.24, 2.45) is 0 Å². The highest BCUT2D eigenvalue weighted by atomic mass is 32.2. The summed E-state index contributed by atoms with van der Waals surface area (Å²) in [5.74, 6) is 1.70. The molecule has 0 radical (unpaired) electrons. The van der Waals surface area contributed by atoms with Gasteiger partial charge in [-0.25, -0.2) is 13.1 Å². The Morgan fingerprint density at radius 1 is 1.19 bits per heavy atom. The lowest BCUT2D eigenvalue weighted by molar-refractivity contribution is 0.252. The first-order chi connectivity index (χ1) is 13.0. The lowest BCUT2D eigenvalue weighted by Crippen LogP contribution is -2.31. The molecule has 0 saturated heterocycles. The minimum atomic E-state index is -3.34. The van der Waals surface area contributed by atoms with Gasteiger partial charge < -0.3 is 14.8 Å². The summed E-state index contributed by atoms with van der Waals surface area (Å²) in [7, 11) is -1.69. The molecule has 0 aliphatic carbocycles. The van der Waals surface area contributed by atoms with E-state index < -0.39 is 10.0 Å². The summed E-state index contributed by atoms with van der Waals surface area (Å²) >= 11 is 0. The molecule has 0 bridgehead atoms. The number of sulfonamides is 1. The third kappa shape index (κ3) is 5.45. The van der Waals surface area contributed by atoms with Crippen LogP contribution in [0, 0.1) is 0 Å². The highest BCUT2D eigenvalue weighted by Crippen LogP contribution is 2.36. The molecule has 6 nitrogen and oxygen atoms in total. The Balaban J connectivity index is 1.51.